The van der Waals surface area contributed by atoms with Gasteiger partial charge in [-0.15, -0.1) is 0 Å². The average molecular weight is 428 g/mol. The van der Waals surface area contributed by atoms with Crippen LogP contribution in [-0.4, -0.2) is 49.8 Å². The summed E-state index contributed by atoms with van der Waals surface area (Å²) in [5.74, 6) is 2.66. The van der Waals surface area contributed by atoms with E-state index in [1.807, 2.05) is 19.2 Å². The summed E-state index contributed by atoms with van der Waals surface area (Å²) in [6.07, 6.45) is 5.49. The summed E-state index contributed by atoms with van der Waals surface area (Å²) in [5, 5.41) is 11.2. The number of hydrogen-bond donors (Lipinski definition) is 2. The predicted molar refractivity (Wildman–Crippen MR) is 125 cm³/mol. The molecule has 0 bridgehead atoms. The minimum absolute atomic E-state index is 0.225. The molecule has 1 aromatic carbocycles. The molecule has 1 unspecified atom stereocenters. The zero-order chi connectivity index (χ0) is 22.1. The molecule has 0 spiro atoms. The van der Waals surface area contributed by atoms with Crippen molar-refractivity contribution in [3.63, 3.8) is 0 Å². The standard InChI is InChI=1S/C24H37N5O2/c1-5-20-19(22(6-2)31-28-20)16-26-24(25-3)27-17-21(29-14-10-7-11-15-29)18-12-8-9-13-23(18)30-4/h8-9,12-13,21H,5-7,10-11,14-17H2,1-4H3,(H2,25,26,27). The van der Waals surface area contributed by atoms with Gasteiger partial charge >= 0.3 is 0 Å². The number of para-hydroxylation sites is 1. The lowest BCUT2D eigenvalue weighted by Gasteiger charge is -2.35. The summed E-state index contributed by atoms with van der Waals surface area (Å²) in [5.41, 5.74) is 3.38. The fourth-order valence-electron chi connectivity index (χ4n) is 4.33. The third-order valence-electron chi connectivity index (χ3n) is 6.06. The fourth-order valence-corrected chi connectivity index (χ4v) is 4.33. The van der Waals surface area contributed by atoms with Crippen LogP contribution in [0.4, 0.5) is 0 Å². The summed E-state index contributed by atoms with van der Waals surface area (Å²) in [6.45, 7) is 7.81. The van der Waals surface area contributed by atoms with E-state index in [-0.39, 0.29) is 6.04 Å². The molecule has 2 N–H and O–H groups in total. The molecule has 1 saturated heterocycles. The Labute approximate surface area is 186 Å². The molecule has 1 aromatic heterocycles. The normalized spacial score (nSPS) is 16.2. The minimum atomic E-state index is 0.225. The average Bonchev–Trinajstić information content (AvgIpc) is 3.24. The van der Waals surface area contributed by atoms with Gasteiger partial charge in [0.1, 0.15) is 11.5 Å². The van der Waals surface area contributed by atoms with E-state index >= 15 is 0 Å². The van der Waals surface area contributed by atoms with Crippen LogP contribution in [0, 0.1) is 0 Å². The lowest BCUT2D eigenvalue weighted by Crippen LogP contribution is -2.44. The monoisotopic (exact) mass is 427 g/mol. The first-order valence-corrected chi connectivity index (χ1v) is 11.5. The second-order valence-electron chi connectivity index (χ2n) is 7.90. The van der Waals surface area contributed by atoms with Crippen LogP contribution in [-0.2, 0) is 19.4 Å². The van der Waals surface area contributed by atoms with Gasteiger partial charge in [-0.3, -0.25) is 9.89 Å². The number of hydrogen-bond acceptors (Lipinski definition) is 5. The van der Waals surface area contributed by atoms with Gasteiger partial charge in [-0.1, -0.05) is 43.6 Å². The van der Waals surface area contributed by atoms with Crippen LogP contribution < -0.4 is 15.4 Å². The highest BCUT2D eigenvalue weighted by molar-refractivity contribution is 5.79. The number of nitrogens with one attached hydrogen (secondary N) is 2. The van der Waals surface area contributed by atoms with E-state index < -0.39 is 0 Å². The van der Waals surface area contributed by atoms with E-state index in [2.05, 4.69) is 51.7 Å². The Morgan fingerprint density at radius 2 is 1.94 bits per heavy atom. The topological polar surface area (TPSA) is 74.9 Å². The Morgan fingerprint density at radius 1 is 1.16 bits per heavy atom. The van der Waals surface area contributed by atoms with Crippen molar-refractivity contribution in [2.24, 2.45) is 4.99 Å². The van der Waals surface area contributed by atoms with Gasteiger partial charge in [0.05, 0.1) is 18.8 Å². The van der Waals surface area contributed by atoms with Crippen molar-refractivity contribution in [2.45, 2.75) is 58.5 Å². The SMILES string of the molecule is CCc1noc(CC)c1CNC(=NC)NCC(c1ccccc1OC)N1CCCCC1. The molecule has 2 aromatic rings. The highest BCUT2D eigenvalue weighted by atomic mass is 16.5. The van der Waals surface area contributed by atoms with Crippen LogP contribution in [0.3, 0.4) is 0 Å². The van der Waals surface area contributed by atoms with E-state index in [9.17, 15) is 0 Å². The molecule has 31 heavy (non-hydrogen) atoms. The lowest BCUT2D eigenvalue weighted by atomic mass is 10.0. The number of likely N-dealkylation sites (tertiary alicyclic amines) is 1. The van der Waals surface area contributed by atoms with Crippen LogP contribution in [0.25, 0.3) is 0 Å². The third kappa shape index (κ3) is 5.79. The quantitative estimate of drug-likeness (QED) is 0.470. The van der Waals surface area contributed by atoms with Crippen LogP contribution >= 0.6 is 0 Å². The largest absolute Gasteiger partial charge is 0.496 e. The van der Waals surface area contributed by atoms with Gasteiger partial charge in [-0.05, 0) is 38.4 Å². The molecule has 7 heteroatoms. The first kappa shape index (κ1) is 23.1. The molecular formula is C24H37N5O2. The second kappa shape index (κ2) is 11.7. The van der Waals surface area contributed by atoms with Gasteiger partial charge < -0.3 is 19.9 Å². The van der Waals surface area contributed by atoms with Crippen LogP contribution in [0.1, 0.15) is 61.7 Å². The number of ether oxygens (including phenoxy) is 1. The van der Waals surface area contributed by atoms with Gasteiger partial charge in [0.25, 0.3) is 0 Å². The van der Waals surface area contributed by atoms with Crippen molar-refractivity contribution in [1.82, 2.24) is 20.7 Å². The van der Waals surface area contributed by atoms with E-state index in [0.29, 0.717) is 6.54 Å². The smallest absolute Gasteiger partial charge is 0.191 e. The van der Waals surface area contributed by atoms with Crippen LogP contribution in [0.5, 0.6) is 5.75 Å². The molecule has 3 rings (SSSR count). The highest BCUT2D eigenvalue weighted by Gasteiger charge is 2.25. The lowest BCUT2D eigenvalue weighted by molar-refractivity contribution is 0.161. The zero-order valence-corrected chi connectivity index (χ0v) is 19.4. The number of rotatable bonds is 9. The number of nitrogens with zero attached hydrogens (tertiary/aromatic N) is 3. The van der Waals surface area contributed by atoms with Crippen molar-refractivity contribution in [3.8, 4) is 5.75 Å². The summed E-state index contributed by atoms with van der Waals surface area (Å²) < 4.78 is 11.2. The Bertz CT molecular complexity index is 821. The van der Waals surface area contributed by atoms with Crippen molar-refractivity contribution in [2.75, 3.05) is 33.8 Å². The van der Waals surface area contributed by atoms with Crippen molar-refractivity contribution < 1.29 is 9.26 Å². The summed E-state index contributed by atoms with van der Waals surface area (Å²) >= 11 is 0. The number of aryl methyl sites for hydroxylation is 2. The molecule has 0 amide bonds. The maximum absolute atomic E-state index is 5.68. The maximum Gasteiger partial charge on any atom is 0.191 e. The van der Waals surface area contributed by atoms with Gasteiger partial charge in [0.2, 0.25) is 0 Å². The van der Waals surface area contributed by atoms with Gasteiger partial charge in [0.15, 0.2) is 5.96 Å². The first-order valence-electron chi connectivity index (χ1n) is 11.5. The number of guanidine groups is 1. The first-order chi connectivity index (χ1) is 15.2. The molecular weight excluding hydrogens is 390 g/mol. The Balaban J connectivity index is 1.70. The van der Waals surface area contributed by atoms with E-state index in [1.165, 1.54) is 24.8 Å². The number of benzene rings is 1. The summed E-state index contributed by atoms with van der Waals surface area (Å²) in [7, 11) is 3.55. The minimum Gasteiger partial charge on any atom is -0.496 e. The molecule has 1 fully saturated rings. The number of methoxy groups -OCH3 is 1. The van der Waals surface area contributed by atoms with E-state index in [1.54, 1.807) is 7.11 Å². The van der Waals surface area contributed by atoms with Gasteiger partial charge in [0, 0.05) is 37.7 Å². The summed E-state index contributed by atoms with van der Waals surface area (Å²) in [6, 6.07) is 8.56. The molecule has 1 atom stereocenters. The zero-order valence-electron chi connectivity index (χ0n) is 19.4. The van der Waals surface area contributed by atoms with Gasteiger partial charge in [-0.2, -0.15) is 0 Å². The molecule has 0 radical (unpaired) electrons. The third-order valence-corrected chi connectivity index (χ3v) is 6.06. The number of aromatic nitrogens is 1. The Kier molecular flexibility index (Phi) is 8.76. The molecule has 0 aliphatic carbocycles. The molecule has 1 aliphatic rings. The second-order valence-corrected chi connectivity index (χ2v) is 7.90. The Morgan fingerprint density at radius 3 is 2.61 bits per heavy atom. The number of aliphatic imine (C=N–C) groups is 1. The molecule has 1 aliphatic heterocycles. The van der Waals surface area contributed by atoms with Crippen LogP contribution in [0.2, 0.25) is 0 Å². The molecule has 7 nitrogen and oxygen atoms in total. The Hall–Kier alpha value is -2.54. The molecule has 2 heterocycles. The molecule has 170 valence electrons. The van der Waals surface area contributed by atoms with E-state index in [4.69, 9.17) is 9.26 Å². The van der Waals surface area contributed by atoms with Crippen molar-refractivity contribution in [1.29, 1.82) is 0 Å². The number of piperidine rings is 1. The summed E-state index contributed by atoms with van der Waals surface area (Å²) in [4.78, 5) is 7.01. The highest BCUT2D eigenvalue weighted by Crippen LogP contribution is 2.30. The van der Waals surface area contributed by atoms with Crippen LogP contribution in [0.15, 0.2) is 33.8 Å². The fraction of sp³-hybridized carbons (Fsp3) is 0.583. The van der Waals surface area contributed by atoms with Gasteiger partial charge in [-0.25, -0.2) is 0 Å². The molecule has 0 saturated carbocycles. The van der Waals surface area contributed by atoms with E-state index in [0.717, 1.165) is 61.2 Å². The van der Waals surface area contributed by atoms with Crippen molar-refractivity contribution in [3.05, 3.63) is 46.8 Å². The van der Waals surface area contributed by atoms with Crippen molar-refractivity contribution >= 4 is 5.96 Å². The predicted octanol–water partition coefficient (Wildman–Crippen LogP) is 3.70. The maximum atomic E-state index is 5.68.